The molecule has 0 radical (unpaired) electrons. The van der Waals surface area contributed by atoms with Crippen LogP contribution in [0.3, 0.4) is 0 Å². The van der Waals surface area contributed by atoms with E-state index in [1.54, 1.807) is 0 Å². The Kier molecular flexibility index (Phi) is 7.45. The predicted molar refractivity (Wildman–Crippen MR) is 195 cm³/mol. The summed E-state index contributed by atoms with van der Waals surface area (Å²) in [5.41, 5.74) is 0.266. The van der Waals surface area contributed by atoms with Gasteiger partial charge < -0.3 is 0 Å². The highest BCUT2D eigenvalue weighted by molar-refractivity contribution is 7.28. The van der Waals surface area contributed by atoms with Crippen LogP contribution < -0.4 is 0 Å². The molecule has 42 heavy (non-hydrogen) atoms. The fraction of sp³-hybridized carbons (Fsp3) is 0.222. The van der Waals surface area contributed by atoms with Gasteiger partial charge in [-0.3, -0.25) is 0 Å². The van der Waals surface area contributed by atoms with Crippen molar-refractivity contribution in [3.05, 3.63) is 105 Å². The molecule has 0 aliphatic rings. The van der Waals surface area contributed by atoms with Gasteiger partial charge in [0.1, 0.15) is 0 Å². The Morgan fingerprint density at radius 3 is 1.71 bits per heavy atom. The SMILES string of the molecule is CC(C)(C)c1ccc(-c2ccc(-c3ccc(CC(C)(C)c4ccc(-c5sc(-c6cccs6)c6ccccc56)s4)s3)s2)s1. The lowest BCUT2D eigenvalue weighted by atomic mass is 9.87. The molecular formula is C36H32S6. The molecule has 1 aromatic carbocycles. The normalized spacial score (nSPS) is 12.5. The van der Waals surface area contributed by atoms with E-state index in [0.29, 0.717) is 0 Å². The minimum atomic E-state index is 0.0651. The summed E-state index contributed by atoms with van der Waals surface area (Å²) in [6.45, 7) is 11.7. The molecule has 0 spiro atoms. The van der Waals surface area contributed by atoms with Crippen LogP contribution in [0.4, 0.5) is 0 Å². The number of benzene rings is 1. The lowest BCUT2D eigenvalue weighted by Gasteiger charge is -2.22. The van der Waals surface area contributed by atoms with Crippen molar-refractivity contribution < 1.29 is 0 Å². The first-order valence-corrected chi connectivity index (χ1v) is 19.1. The molecule has 0 unspecified atom stereocenters. The number of hydrogen-bond donors (Lipinski definition) is 0. The van der Waals surface area contributed by atoms with E-state index in [1.807, 2.05) is 68.0 Å². The van der Waals surface area contributed by atoms with Gasteiger partial charge in [-0.15, -0.1) is 68.0 Å². The topological polar surface area (TPSA) is 0 Å². The highest BCUT2D eigenvalue weighted by Gasteiger charge is 2.26. The first kappa shape index (κ1) is 28.5. The van der Waals surface area contributed by atoms with Crippen LogP contribution in [0.1, 0.15) is 49.3 Å². The van der Waals surface area contributed by atoms with Crippen LogP contribution >= 0.6 is 68.0 Å². The maximum atomic E-state index is 2.40. The van der Waals surface area contributed by atoms with Crippen LogP contribution in [-0.2, 0) is 17.3 Å². The fourth-order valence-electron chi connectivity index (χ4n) is 5.29. The monoisotopic (exact) mass is 656 g/mol. The third kappa shape index (κ3) is 5.42. The molecule has 7 aromatic rings. The molecule has 212 valence electrons. The minimum absolute atomic E-state index is 0.0651. The zero-order chi connectivity index (χ0) is 29.1. The number of thiophene rings is 6. The van der Waals surface area contributed by atoms with Gasteiger partial charge in [0.15, 0.2) is 0 Å². The van der Waals surface area contributed by atoms with Crippen LogP contribution in [0.15, 0.2) is 90.3 Å². The van der Waals surface area contributed by atoms with Crippen LogP contribution in [0.5, 0.6) is 0 Å². The highest BCUT2D eigenvalue weighted by atomic mass is 32.1. The molecule has 6 heteroatoms. The van der Waals surface area contributed by atoms with Crippen molar-refractivity contribution >= 4 is 78.8 Å². The van der Waals surface area contributed by atoms with Crippen LogP contribution in [-0.4, -0.2) is 0 Å². The molecule has 0 aliphatic heterocycles. The molecule has 0 aliphatic carbocycles. The van der Waals surface area contributed by atoms with E-state index in [2.05, 4.69) is 125 Å². The summed E-state index contributed by atoms with van der Waals surface area (Å²) in [6.07, 6.45) is 1.04. The largest absolute Gasteiger partial charge is 0.143 e. The van der Waals surface area contributed by atoms with E-state index in [-0.39, 0.29) is 10.8 Å². The zero-order valence-corrected chi connectivity index (χ0v) is 29.2. The highest BCUT2D eigenvalue weighted by Crippen LogP contribution is 2.49. The summed E-state index contributed by atoms with van der Waals surface area (Å²) in [7, 11) is 0. The summed E-state index contributed by atoms with van der Waals surface area (Å²) in [5, 5.41) is 4.91. The molecule has 0 saturated heterocycles. The maximum absolute atomic E-state index is 2.40. The van der Waals surface area contributed by atoms with Gasteiger partial charge in [0.05, 0.1) is 9.75 Å². The van der Waals surface area contributed by atoms with Gasteiger partial charge in [-0.25, -0.2) is 0 Å². The van der Waals surface area contributed by atoms with Crippen molar-refractivity contribution in [1.29, 1.82) is 0 Å². The van der Waals surface area contributed by atoms with Crippen LogP contribution in [0.25, 0.3) is 49.8 Å². The average Bonchev–Trinajstić information content (AvgIpc) is 3.79. The van der Waals surface area contributed by atoms with E-state index in [1.165, 1.54) is 64.4 Å². The summed E-state index contributed by atoms with van der Waals surface area (Å²) >= 11 is 11.5. The Balaban J connectivity index is 1.11. The Morgan fingerprint density at radius 1 is 0.476 bits per heavy atom. The molecule has 0 saturated carbocycles. The van der Waals surface area contributed by atoms with Crippen LogP contribution in [0, 0.1) is 0 Å². The predicted octanol–water partition coefficient (Wildman–Crippen LogP) is 13.7. The molecule has 0 fully saturated rings. The van der Waals surface area contributed by atoms with Crippen molar-refractivity contribution in [1.82, 2.24) is 0 Å². The van der Waals surface area contributed by atoms with Gasteiger partial charge >= 0.3 is 0 Å². The Labute approximate surface area is 272 Å². The summed E-state index contributed by atoms with van der Waals surface area (Å²) in [5.74, 6) is 0. The summed E-state index contributed by atoms with van der Waals surface area (Å²) in [4.78, 5) is 15.4. The van der Waals surface area contributed by atoms with Gasteiger partial charge in [0, 0.05) is 60.1 Å². The zero-order valence-electron chi connectivity index (χ0n) is 24.3. The van der Waals surface area contributed by atoms with Gasteiger partial charge in [0.25, 0.3) is 0 Å². The summed E-state index contributed by atoms with van der Waals surface area (Å²) < 4.78 is 0. The fourth-order valence-corrected chi connectivity index (χ4v) is 12.2. The molecule has 0 atom stereocenters. The Hall–Kier alpha value is -2.32. The van der Waals surface area contributed by atoms with E-state index in [0.717, 1.165) is 6.42 Å². The second kappa shape index (κ2) is 11.0. The average molecular weight is 657 g/mol. The summed E-state index contributed by atoms with van der Waals surface area (Å²) in [6, 6.07) is 31.9. The van der Waals surface area contributed by atoms with Crippen molar-refractivity contribution in [2.75, 3.05) is 0 Å². The molecule has 6 heterocycles. The van der Waals surface area contributed by atoms with E-state index in [4.69, 9.17) is 0 Å². The van der Waals surface area contributed by atoms with Gasteiger partial charge in [-0.2, -0.15) is 0 Å². The van der Waals surface area contributed by atoms with Crippen LogP contribution in [0.2, 0.25) is 0 Å². The molecule has 0 N–H and O–H groups in total. The number of fused-ring (bicyclic) bond motifs is 1. The lowest BCUT2D eigenvalue weighted by Crippen LogP contribution is -2.18. The molecule has 0 nitrogen and oxygen atoms in total. The third-order valence-electron chi connectivity index (χ3n) is 7.58. The lowest BCUT2D eigenvalue weighted by molar-refractivity contribution is 0.538. The van der Waals surface area contributed by atoms with Gasteiger partial charge in [-0.1, -0.05) is 65.0 Å². The van der Waals surface area contributed by atoms with E-state index < -0.39 is 0 Å². The maximum Gasteiger partial charge on any atom is 0.0528 e. The first-order valence-electron chi connectivity index (χ1n) is 14.1. The number of rotatable bonds is 7. The third-order valence-corrected chi connectivity index (χ3v) is 15.6. The second-order valence-corrected chi connectivity index (χ2v) is 18.7. The minimum Gasteiger partial charge on any atom is -0.143 e. The molecule has 0 bridgehead atoms. The van der Waals surface area contributed by atoms with E-state index in [9.17, 15) is 0 Å². The quantitative estimate of drug-likeness (QED) is 0.160. The molecule has 6 aromatic heterocycles. The van der Waals surface area contributed by atoms with E-state index >= 15 is 0 Å². The Bertz CT molecular complexity index is 1970. The van der Waals surface area contributed by atoms with Gasteiger partial charge in [-0.05, 0) is 71.8 Å². The smallest absolute Gasteiger partial charge is 0.0528 e. The standard InChI is InChI=1S/C36H32S6/c1-35(2,3)31-18-16-28(40-31)27-15-14-26(39-27)25-13-12-22(38-25)21-36(4,5)32-19-17-30(41-32)34-24-10-7-6-9-23(24)33(42-34)29-11-8-20-37-29/h6-20H,21H2,1-5H3. The Morgan fingerprint density at radius 2 is 1.05 bits per heavy atom. The van der Waals surface area contributed by atoms with Crippen molar-refractivity contribution in [2.45, 2.75) is 51.9 Å². The van der Waals surface area contributed by atoms with Crippen molar-refractivity contribution in [3.8, 4) is 39.0 Å². The number of hydrogen-bond acceptors (Lipinski definition) is 6. The molecule has 7 rings (SSSR count). The van der Waals surface area contributed by atoms with Crippen molar-refractivity contribution in [2.24, 2.45) is 0 Å². The second-order valence-electron chi connectivity index (χ2n) is 12.4. The van der Waals surface area contributed by atoms with Gasteiger partial charge in [0.2, 0.25) is 0 Å². The molecular weight excluding hydrogens is 625 g/mol. The van der Waals surface area contributed by atoms with Crippen molar-refractivity contribution in [3.63, 3.8) is 0 Å². The first-order chi connectivity index (χ1) is 20.2. The molecule has 0 amide bonds.